The lowest BCUT2D eigenvalue weighted by atomic mass is 9.82. The van der Waals surface area contributed by atoms with Crippen LogP contribution in [0.25, 0.3) is 0 Å². The summed E-state index contributed by atoms with van der Waals surface area (Å²) in [6.07, 6.45) is 5.06. The van der Waals surface area contributed by atoms with E-state index in [1.165, 1.54) is 6.42 Å². The van der Waals surface area contributed by atoms with Crippen LogP contribution >= 0.6 is 0 Å². The molecule has 0 saturated carbocycles. The summed E-state index contributed by atoms with van der Waals surface area (Å²) in [6, 6.07) is 5.26. The van der Waals surface area contributed by atoms with Crippen molar-refractivity contribution >= 4 is 5.78 Å². The first kappa shape index (κ1) is 12.0. The Kier molecular flexibility index (Phi) is 3.02. The molecule has 2 aliphatic rings. The Balaban J connectivity index is 1.84. The molecule has 0 spiro atoms. The van der Waals surface area contributed by atoms with Crippen molar-refractivity contribution in [3.63, 3.8) is 0 Å². The average Bonchev–Trinajstić information content (AvgIpc) is 2.74. The largest absolute Gasteiger partial charge is 0.465 e. The summed E-state index contributed by atoms with van der Waals surface area (Å²) >= 11 is 0. The SMILES string of the molecule is Cc1ccc(C(C)N2C3CCCC2CC(=O)C3)o1. The molecule has 0 aromatic carbocycles. The summed E-state index contributed by atoms with van der Waals surface area (Å²) in [6.45, 7) is 4.19. The molecule has 2 saturated heterocycles. The maximum absolute atomic E-state index is 11.7. The first-order chi connectivity index (χ1) is 8.65. The number of nitrogens with zero attached hydrogens (tertiary/aromatic N) is 1. The lowest BCUT2D eigenvalue weighted by Gasteiger charge is -2.48. The summed E-state index contributed by atoms with van der Waals surface area (Å²) in [7, 11) is 0. The van der Waals surface area contributed by atoms with Crippen LogP contribution in [0.5, 0.6) is 0 Å². The van der Waals surface area contributed by atoms with Gasteiger partial charge in [-0.15, -0.1) is 0 Å². The van der Waals surface area contributed by atoms with Crippen LogP contribution < -0.4 is 0 Å². The molecular weight excluding hydrogens is 226 g/mol. The smallest absolute Gasteiger partial charge is 0.136 e. The highest BCUT2D eigenvalue weighted by Crippen LogP contribution is 2.38. The molecular formula is C15H21NO2. The average molecular weight is 247 g/mol. The van der Waals surface area contributed by atoms with Crippen molar-refractivity contribution in [3.8, 4) is 0 Å². The third-order valence-electron chi connectivity index (χ3n) is 4.46. The zero-order valence-electron chi connectivity index (χ0n) is 11.2. The highest BCUT2D eigenvalue weighted by atomic mass is 16.3. The minimum absolute atomic E-state index is 0.294. The van der Waals surface area contributed by atoms with Gasteiger partial charge in [0.15, 0.2) is 0 Å². The summed E-state index contributed by atoms with van der Waals surface area (Å²) in [5.74, 6) is 2.46. The van der Waals surface area contributed by atoms with Crippen molar-refractivity contribution in [1.82, 2.24) is 4.90 Å². The molecule has 0 amide bonds. The molecule has 0 aliphatic carbocycles. The van der Waals surface area contributed by atoms with Gasteiger partial charge in [0, 0.05) is 24.9 Å². The number of Topliss-reactive ketones (excluding diaryl/α,β-unsaturated/α-hetero) is 1. The van der Waals surface area contributed by atoms with E-state index in [4.69, 9.17) is 4.42 Å². The molecule has 0 N–H and O–H groups in total. The monoisotopic (exact) mass is 247 g/mol. The topological polar surface area (TPSA) is 33.5 Å². The van der Waals surface area contributed by atoms with Crippen LogP contribution in [0.2, 0.25) is 0 Å². The second-order valence-electron chi connectivity index (χ2n) is 5.76. The molecule has 3 atom stereocenters. The fraction of sp³-hybridized carbons (Fsp3) is 0.667. The van der Waals surface area contributed by atoms with Gasteiger partial charge in [-0.2, -0.15) is 0 Å². The maximum Gasteiger partial charge on any atom is 0.136 e. The van der Waals surface area contributed by atoms with Gasteiger partial charge in [0.05, 0.1) is 6.04 Å². The van der Waals surface area contributed by atoms with E-state index in [1.807, 2.05) is 13.0 Å². The van der Waals surface area contributed by atoms with Crippen LogP contribution in [-0.2, 0) is 4.79 Å². The normalized spacial score (nSPS) is 30.4. The van der Waals surface area contributed by atoms with Crippen molar-refractivity contribution in [2.75, 3.05) is 0 Å². The second-order valence-corrected chi connectivity index (χ2v) is 5.76. The van der Waals surface area contributed by atoms with E-state index in [1.54, 1.807) is 0 Å². The molecule has 1 aromatic rings. The summed E-state index contributed by atoms with van der Waals surface area (Å²) < 4.78 is 5.76. The zero-order valence-corrected chi connectivity index (χ0v) is 11.2. The molecule has 3 nitrogen and oxygen atoms in total. The van der Waals surface area contributed by atoms with Gasteiger partial charge in [-0.25, -0.2) is 0 Å². The zero-order chi connectivity index (χ0) is 12.7. The summed E-state index contributed by atoms with van der Waals surface area (Å²) in [5, 5.41) is 0. The van der Waals surface area contributed by atoms with Gasteiger partial charge in [0.25, 0.3) is 0 Å². The highest BCUT2D eigenvalue weighted by Gasteiger charge is 2.40. The molecule has 3 rings (SSSR count). The van der Waals surface area contributed by atoms with E-state index in [-0.39, 0.29) is 0 Å². The Morgan fingerprint density at radius 2 is 1.94 bits per heavy atom. The number of hydrogen-bond acceptors (Lipinski definition) is 3. The van der Waals surface area contributed by atoms with E-state index in [0.717, 1.165) is 37.2 Å². The Labute approximate surface area is 108 Å². The molecule has 1 aromatic heterocycles. The van der Waals surface area contributed by atoms with E-state index < -0.39 is 0 Å². The number of rotatable bonds is 2. The third-order valence-corrected chi connectivity index (χ3v) is 4.46. The summed E-state index contributed by atoms with van der Waals surface area (Å²) in [4.78, 5) is 14.3. The molecule has 3 heteroatoms. The number of hydrogen-bond donors (Lipinski definition) is 0. The van der Waals surface area contributed by atoms with Crippen LogP contribution in [0.15, 0.2) is 16.5 Å². The Morgan fingerprint density at radius 3 is 2.50 bits per heavy atom. The van der Waals surface area contributed by atoms with Crippen molar-refractivity contribution in [1.29, 1.82) is 0 Å². The molecule has 3 unspecified atom stereocenters. The number of ketones is 1. The Bertz CT molecular complexity index is 435. The molecule has 2 fully saturated rings. The number of piperidine rings is 2. The van der Waals surface area contributed by atoms with E-state index >= 15 is 0 Å². The first-order valence-electron chi connectivity index (χ1n) is 7.00. The number of carbonyl (C=O) groups is 1. The quantitative estimate of drug-likeness (QED) is 0.804. The molecule has 2 aliphatic heterocycles. The fourth-order valence-electron chi connectivity index (χ4n) is 3.67. The predicted octanol–water partition coefficient (Wildman–Crippen LogP) is 3.24. The molecule has 18 heavy (non-hydrogen) atoms. The van der Waals surface area contributed by atoms with Crippen molar-refractivity contribution < 1.29 is 9.21 Å². The van der Waals surface area contributed by atoms with Gasteiger partial charge in [-0.1, -0.05) is 6.42 Å². The number of fused-ring (bicyclic) bond motifs is 2. The summed E-state index contributed by atoms with van der Waals surface area (Å²) in [5.41, 5.74) is 0. The van der Waals surface area contributed by atoms with Gasteiger partial charge < -0.3 is 4.42 Å². The minimum Gasteiger partial charge on any atom is -0.465 e. The van der Waals surface area contributed by atoms with Gasteiger partial charge in [0.1, 0.15) is 17.3 Å². The van der Waals surface area contributed by atoms with E-state index in [9.17, 15) is 4.79 Å². The standard InChI is InChI=1S/C15H21NO2/c1-10-6-7-15(18-10)11(2)16-12-4-3-5-13(16)9-14(17)8-12/h6-7,11-13H,3-5,8-9H2,1-2H3. The number of carbonyl (C=O) groups excluding carboxylic acids is 1. The van der Waals surface area contributed by atoms with E-state index in [0.29, 0.717) is 23.9 Å². The van der Waals surface area contributed by atoms with Crippen LogP contribution in [0.4, 0.5) is 0 Å². The molecule has 2 bridgehead atoms. The maximum atomic E-state index is 11.7. The third kappa shape index (κ3) is 2.01. The second kappa shape index (κ2) is 4.54. The predicted molar refractivity (Wildman–Crippen MR) is 69.4 cm³/mol. The van der Waals surface area contributed by atoms with E-state index in [2.05, 4.69) is 17.9 Å². The highest BCUT2D eigenvalue weighted by molar-refractivity contribution is 5.80. The number of furan rings is 1. The fourth-order valence-corrected chi connectivity index (χ4v) is 3.67. The molecule has 3 heterocycles. The first-order valence-corrected chi connectivity index (χ1v) is 7.00. The van der Waals surface area contributed by atoms with Crippen molar-refractivity contribution in [2.45, 2.75) is 64.1 Å². The Morgan fingerprint density at radius 1 is 1.28 bits per heavy atom. The molecule has 0 radical (unpaired) electrons. The van der Waals surface area contributed by atoms with Crippen LogP contribution in [-0.4, -0.2) is 22.8 Å². The van der Waals surface area contributed by atoms with Gasteiger partial charge in [-0.3, -0.25) is 9.69 Å². The van der Waals surface area contributed by atoms with Crippen molar-refractivity contribution in [3.05, 3.63) is 23.7 Å². The number of aryl methyl sites for hydroxylation is 1. The molecule has 98 valence electrons. The minimum atomic E-state index is 0.294. The lowest BCUT2D eigenvalue weighted by molar-refractivity contribution is -0.129. The Hall–Kier alpha value is -1.09. The lowest BCUT2D eigenvalue weighted by Crippen LogP contribution is -2.53. The van der Waals surface area contributed by atoms with Gasteiger partial charge in [0.2, 0.25) is 0 Å². The van der Waals surface area contributed by atoms with Crippen LogP contribution in [0.3, 0.4) is 0 Å². The van der Waals surface area contributed by atoms with Crippen molar-refractivity contribution in [2.24, 2.45) is 0 Å². The van der Waals surface area contributed by atoms with Gasteiger partial charge >= 0.3 is 0 Å². The van der Waals surface area contributed by atoms with Crippen LogP contribution in [0, 0.1) is 6.92 Å². The van der Waals surface area contributed by atoms with Crippen LogP contribution in [0.1, 0.15) is 56.6 Å². The van der Waals surface area contributed by atoms with Gasteiger partial charge in [-0.05, 0) is 38.8 Å².